The molecular weight excluding hydrogens is 260 g/mol. The molecule has 0 fully saturated rings. The zero-order chi connectivity index (χ0) is 14.4. The number of hydrogen-bond acceptors (Lipinski definition) is 2. The first-order valence-corrected chi connectivity index (χ1v) is 7.52. The summed E-state index contributed by atoms with van der Waals surface area (Å²) in [5.41, 5.74) is 2.23. The zero-order valence-electron chi connectivity index (χ0n) is 11.8. The van der Waals surface area contributed by atoms with E-state index in [0.29, 0.717) is 0 Å². The molecule has 106 valence electrons. The van der Waals surface area contributed by atoms with E-state index in [1.807, 2.05) is 6.07 Å². The Hall–Kier alpha value is -1.90. The van der Waals surface area contributed by atoms with Gasteiger partial charge in [-0.2, -0.15) is 0 Å². The van der Waals surface area contributed by atoms with Crippen molar-refractivity contribution in [3.05, 3.63) is 59.7 Å². The van der Waals surface area contributed by atoms with Crippen LogP contribution in [0.25, 0.3) is 21.5 Å². The molecule has 2 unspecified atom stereocenters. The van der Waals surface area contributed by atoms with Crippen LogP contribution in [0, 0.1) is 5.92 Å². The Morgan fingerprint density at radius 1 is 0.905 bits per heavy atom. The van der Waals surface area contributed by atoms with Crippen molar-refractivity contribution < 1.29 is 10.2 Å². The van der Waals surface area contributed by atoms with Crippen LogP contribution in [0.15, 0.2) is 48.5 Å². The van der Waals surface area contributed by atoms with Gasteiger partial charge in [-0.25, -0.2) is 0 Å². The smallest absolute Gasteiger partial charge is 0.0843 e. The summed E-state index contributed by atoms with van der Waals surface area (Å²) in [5.74, 6) is -0.0320. The van der Waals surface area contributed by atoms with E-state index in [4.69, 9.17) is 0 Å². The second-order valence-electron chi connectivity index (χ2n) is 5.94. The largest absolute Gasteiger partial charge is 0.396 e. The maximum absolute atomic E-state index is 10.4. The molecule has 0 saturated carbocycles. The second-order valence-corrected chi connectivity index (χ2v) is 5.94. The van der Waals surface area contributed by atoms with Gasteiger partial charge in [0.1, 0.15) is 0 Å². The van der Waals surface area contributed by atoms with Crippen molar-refractivity contribution in [2.24, 2.45) is 5.92 Å². The summed E-state index contributed by atoms with van der Waals surface area (Å²) in [7, 11) is 0. The van der Waals surface area contributed by atoms with Crippen LogP contribution in [-0.4, -0.2) is 16.8 Å². The van der Waals surface area contributed by atoms with Crippen molar-refractivity contribution in [2.45, 2.75) is 18.9 Å². The Balaban J connectivity index is 2.01. The summed E-state index contributed by atoms with van der Waals surface area (Å²) in [6.45, 7) is 0.0519. The molecule has 1 aliphatic rings. The topological polar surface area (TPSA) is 40.5 Å². The lowest BCUT2D eigenvalue weighted by Gasteiger charge is -2.29. The Kier molecular flexibility index (Phi) is 2.95. The molecule has 0 aromatic heterocycles. The third-order valence-electron chi connectivity index (χ3n) is 4.84. The molecule has 3 aromatic carbocycles. The maximum atomic E-state index is 10.4. The van der Waals surface area contributed by atoms with Crippen molar-refractivity contribution >= 4 is 21.5 Å². The predicted molar refractivity (Wildman–Crippen MR) is 85.3 cm³/mol. The zero-order valence-corrected chi connectivity index (χ0v) is 11.8. The third kappa shape index (κ3) is 1.87. The van der Waals surface area contributed by atoms with Crippen molar-refractivity contribution in [1.29, 1.82) is 0 Å². The van der Waals surface area contributed by atoms with E-state index in [1.165, 1.54) is 27.1 Å². The highest BCUT2D eigenvalue weighted by atomic mass is 16.3. The molecule has 0 bridgehead atoms. The first-order valence-electron chi connectivity index (χ1n) is 7.52. The Morgan fingerprint density at radius 3 is 2.57 bits per heavy atom. The van der Waals surface area contributed by atoms with Gasteiger partial charge in [0.2, 0.25) is 0 Å². The van der Waals surface area contributed by atoms with Crippen LogP contribution < -0.4 is 0 Å². The number of aliphatic hydroxyl groups is 2. The lowest BCUT2D eigenvalue weighted by Crippen LogP contribution is -2.23. The number of aliphatic hydroxyl groups excluding tert-OH is 2. The van der Waals surface area contributed by atoms with Crippen LogP contribution in [0.2, 0.25) is 0 Å². The van der Waals surface area contributed by atoms with Gasteiger partial charge in [0.25, 0.3) is 0 Å². The van der Waals surface area contributed by atoms with Gasteiger partial charge in [0, 0.05) is 12.5 Å². The summed E-state index contributed by atoms with van der Waals surface area (Å²) in [4.78, 5) is 0. The minimum Gasteiger partial charge on any atom is -0.396 e. The van der Waals surface area contributed by atoms with Gasteiger partial charge < -0.3 is 10.2 Å². The standard InChI is InChI=1S/C19H18O2/c20-11-13-6-8-17-16-7-5-12-3-1-2-4-14(12)15(16)9-10-18(17)19(13)21/h1-5,7,9-10,13,19-21H,6,8,11H2. The molecule has 2 N–H and O–H groups in total. The van der Waals surface area contributed by atoms with Crippen LogP contribution in [0.5, 0.6) is 0 Å². The molecule has 0 radical (unpaired) electrons. The SMILES string of the molecule is OCC1CCc2c(ccc3c2ccc2ccccc23)C1O. The molecule has 0 spiro atoms. The monoisotopic (exact) mass is 278 g/mol. The third-order valence-corrected chi connectivity index (χ3v) is 4.84. The minimum atomic E-state index is -0.547. The molecular formula is C19H18O2. The molecule has 3 aromatic rings. The molecule has 2 atom stereocenters. The molecule has 2 heteroatoms. The quantitative estimate of drug-likeness (QED) is 0.668. The molecule has 4 rings (SSSR count). The number of rotatable bonds is 1. The van der Waals surface area contributed by atoms with E-state index >= 15 is 0 Å². The Bertz CT molecular complexity index is 822. The predicted octanol–water partition coefficient (Wildman–Crippen LogP) is 3.58. The Morgan fingerprint density at radius 2 is 1.71 bits per heavy atom. The number of aryl methyl sites for hydroxylation is 1. The van der Waals surface area contributed by atoms with E-state index in [1.54, 1.807) is 0 Å². The summed E-state index contributed by atoms with van der Waals surface area (Å²) >= 11 is 0. The van der Waals surface area contributed by atoms with Gasteiger partial charge in [-0.3, -0.25) is 0 Å². The lowest BCUT2D eigenvalue weighted by molar-refractivity contribution is 0.0546. The molecule has 1 aliphatic carbocycles. The average molecular weight is 278 g/mol. The van der Waals surface area contributed by atoms with Crippen molar-refractivity contribution in [3.63, 3.8) is 0 Å². The van der Waals surface area contributed by atoms with Gasteiger partial charge in [0.05, 0.1) is 6.10 Å². The molecule has 21 heavy (non-hydrogen) atoms. The van der Waals surface area contributed by atoms with Crippen LogP contribution in [0.3, 0.4) is 0 Å². The van der Waals surface area contributed by atoms with Gasteiger partial charge >= 0.3 is 0 Å². The van der Waals surface area contributed by atoms with E-state index < -0.39 is 6.10 Å². The van der Waals surface area contributed by atoms with Crippen LogP contribution >= 0.6 is 0 Å². The first kappa shape index (κ1) is 12.8. The van der Waals surface area contributed by atoms with Gasteiger partial charge in [-0.15, -0.1) is 0 Å². The molecule has 0 heterocycles. The average Bonchev–Trinajstić information content (AvgIpc) is 2.54. The van der Waals surface area contributed by atoms with Crippen LogP contribution in [0.4, 0.5) is 0 Å². The fourth-order valence-electron chi connectivity index (χ4n) is 3.66. The number of benzene rings is 3. The first-order chi connectivity index (χ1) is 10.3. The van der Waals surface area contributed by atoms with Crippen LogP contribution in [0.1, 0.15) is 23.7 Å². The van der Waals surface area contributed by atoms with E-state index in [9.17, 15) is 10.2 Å². The van der Waals surface area contributed by atoms with Crippen LogP contribution in [-0.2, 0) is 6.42 Å². The lowest BCUT2D eigenvalue weighted by atomic mass is 9.79. The fourth-order valence-corrected chi connectivity index (χ4v) is 3.66. The summed E-state index contributed by atoms with van der Waals surface area (Å²) in [6, 6.07) is 16.9. The minimum absolute atomic E-state index is 0.0320. The number of fused-ring (bicyclic) bond motifs is 5. The summed E-state index contributed by atoms with van der Waals surface area (Å²) in [5, 5.41) is 24.8. The highest BCUT2D eigenvalue weighted by Crippen LogP contribution is 2.39. The summed E-state index contributed by atoms with van der Waals surface area (Å²) < 4.78 is 0. The van der Waals surface area contributed by atoms with E-state index in [2.05, 4.69) is 42.5 Å². The van der Waals surface area contributed by atoms with E-state index in [0.717, 1.165) is 18.4 Å². The van der Waals surface area contributed by atoms with Gasteiger partial charge in [-0.05, 0) is 45.5 Å². The number of hydrogen-bond donors (Lipinski definition) is 2. The highest BCUT2D eigenvalue weighted by Gasteiger charge is 2.28. The van der Waals surface area contributed by atoms with E-state index in [-0.39, 0.29) is 12.5 Å². The fraction of sp³-hybridized carbons (Fsp3) is 0.263. The van der Waals surface area contributed by atoms with Crippen molar-refractivity contribution in [2.75, 3.05) is 6.61 Å². The normalized spacial score (nSPS) is 21.6. The van der Waals surface area contributed by atoms with Crippen molar-refractivity contribution in [1.82, 2.24) is 0 Å². The molecule has 0 saturated heterocycles. The highest BCUT2D eigenvalue weighted by molar-refractivity contribution is 6.08. The van der Waals surface area contributed by atoms with Gasteiger partial charge in [0.15, 0.2) is 0 Å². The molecule has 0 amide bonds. The van der Waals surface area contributed by atoms with Gasteiger partial charge in [-0.1, -0.05) is 48.5 Å². The molecule has 0 aliphatic heterocycles. The van der Waals surface area contributed by atoms with Crippen molar-refractivity contribution in [3.8, 4) is 0 Å². The molecule has 2 nitrogen and oxygen atoms in total. The maximum Gasteiger partial charge on any atom is 0.0843 e. The Labute approximate surface area is 123 Å². The second kappa shape index (κ2) is 4.83. The summed E-state index contributed by atoms with van der Waals surface area (Å²) in [6.07, 6.45) is 1.22.